The van der Waals surface area contributed by atoms with E-state index in [1.54, 1.807) is 25.6 Å². The molecule has 0 aliphatic heterocycles. The van der Waals surface area contributed by atoms with E-state index in [-0.39, 0.29) is 13.2 Å². The SMILES string of the molecule is CC(O)COc1ccc2ccc(OCC(C)O)c(Sc3ccccc3)c2c1. The van der Waals surface area contributed by atoms with E-state index < -0.39 is 12.2 Å². The van der Waals surface area contributed by atoms with Gasteiger partial charge in [-0.25, -0.2) is 0 Å². The molecule has 142 valence electrons. The van der Waals surface area contributed by atoms with Crippen molar-refractivity contribution in [3.8, 4) is 11.5 Å². The first-order valence-corrected chi connectivity index (χ1v) is 9.76. The highest BCUT2D eigenvalue weighted by atomic mass is 32.2. The molecule has 27 heavy (non-hydrogen) atoms. The van der Waals surface area contributed by atoms with Gasteiger partial charge in [-0.3, -0.25) is 0 Å². The summed E-state index contributed by atoms with van der Waals surface area (Å²) in [6, 6.07) is 19.9. The van der Waals surface area contributed by atoms with E-state index in [2.05, 4.69) is 12.1 Å². The van der Waals surface area contributed by atoms with Crippen LogP contribution in [-0.2, 0) is 0 Å². The maximum absolute atomic E-state index is 9.60. The van der Waals surface area contributed by atoms with Crippen molar-refractivity contribution in [2.45, 2.75) is 35.8 Å². The molecule has 0 bridgehead atoms. The molecule has 0 radical (unpaired) electrons. The van der Waals surface area contributed by atoms with E-state index in [4.69, 9.17) is 9.47 Å². The molecule has 0 spiro atoms. The zero-order valence-electron chi connectivity index (χ0n) is 15.5. The lowest BCUT2D eigenvalue weighted by molar-refractivity contribution is 0.121. The Balaban J connectivity index is 2.02. The Kier molecular flexibility index (Phi) is 6.61. The summed E-state index contributed by atoms with van der Waals surface area (Å²) in [5, 5.41) is 21.1. The minimum Gasteiger partial charge on any atom is -0.491 e. The second-order valence-electron chi connectivity index (χ2n) is 6.51. The van der Waals surface area contributed by atoms with Gasteiger partial charge in [0.05, 0.1) is 17.1 Å². The summed E-state index contributed by atoms with van der Waals surface area (Å²) in [6.45, 7) is 3.86. The predicted molar refractivity (Wildman–Crippen MR) is 109 cm³/mol. The van der Waals surface area contributed by atoms with E-state index in [1.807, 2.05) is 48.5 Å². The zero-order chi connectivity index (χ0) is 19.2. The molecule has 5 heteroatoms. The number of ether oxygens (including phenoxy) is 2. The maximum atomic E-state index is 9.60. The number of hydrogen-bond acceptors (Lipinski definition) is 5. The second-order valence-corrected chi connectivity index (χ2v) is 7.59. The van der Waals surface area contributed by atoms with Crippen LogP contribution in [-0.4, -0.2) is 35.6 Å². The zero-order valence-corrected chi connectivity index (χ0v) is 16.3. The standard InChI is InChI=1S/C22H24O4S/c1-15(23)13-25-18-10-8-17-9-11-21(26-14-16(2)24)22(20(17)12-18)27-19-6-4-3-5-7-19/h3-12,15-16,23-24H,13-14H2,1-2H3. The molecule has 2 atom stereocenters. The van der Waals surface area contributed by atoms with Gasteiger partial charge in [-0.1, -0.05) is 42.1 Å². The highest BCUT2D eigenvalue weighted by molar-refractivity contribution is 7.99. The summed E-state index contributed by atoms with van der Waals surface area (Å²) in [6.07, 6.45) is -1.07. The van der Waals surface area contributed by atoms with Crippen LogP contribution in [0.25, 0.3) is 10.8 Å². The third kappa shape index (κ3) is 5.39. The van der Waals surface area contributed by atoms with Gasteiger partial charge in [0.2, 0.25) is 0 Å². The number of rotatable bonds is 8. The number of fused-ring (bicyclic) bond motifs is 1. The molecule has 0 saturated carbocycles. The predicted octanol–water partition coefficient (Wildman–Crippen LogP) is 4.51. The highest BCUT2D eigenvalue weighted by Crippen LogP contribution is 2.41. The van der Waals surface area contributed by atoms with E-state index in [1.165, 1.54) is 0 Å². The van der Waals surface area contributed by atoms with Gasteiger partial charge < -0.3 is 19.7 Å². The molecule has 0 saturated heterocycles. The van der Waals surface area contributed by atoms with Gasteiger partial charge in [-0.05, 0) is 49.6 Å². The average molecular weight is 384 g/mol. The fraction of sp³-hybridized carbons (Fsp3) is 0.273. The third-order valence-corrected chi connectivity index (χ3v) is 4.97. The molecule has 3 aromatic carbocycles. The van der Waals surface area contributed by atoms with Crippen LogP contribution >= 0.6 is 11.8 Å². The molecule has 0 aliphatic carbocycles. The quantitative estimate of drug-likeness (QED) is 0.598. The molecule has 3 aromatic rings. The number of aliphatic hydroxyl groups excluding tert-OH is 2. The Bertz CT molecular complexity index is 873. The molecular weight excluding hydrogens is 360 g/mol. The van der Waals surface area contributed by atoms with Crippen LogP contribution in [0.2, 0.25) is 0 Å². The molecule has 3 rings (SSSR count). The first-order valence-electron chi connectivity index (χ1n) is 8.94. The van der Waals surface area contributed by atoms with Crippen LogP contribution in [0.3, 0.4) is 0 Å². The molecule has 0 amide bonds. The van der Waals surface area contributed by atoms with Gasteiger partial charge in [-0.2, -0.15) is 0 Å². The summed E-state index contributed by atoms with van der Waals surface area (Å²) in [4.78, 5) is 2.07. The van der Waals surface area contributed by atoms with Crippen molar-refractivity contribution in [1.29, 1.82) is 0 Å². The number of benzene rings is 3. The van der Waals surface area contributed by atoms with Gasteiger partial charge in [0.15, 0.2) is 0 Å². The Morgan fingerprint density at radius 3 is 2.22 bits per heavy atom. The van der Waals surface area contributed by atoms with E-state index in [9.17, 15) is 10.2 Å². The van der Waals surface area contributed by atoms with Gasteiger partial charge >= 0.3 is 0 Å². The van der Waals surface area contributed by atoms with E-state index in [0.29, 0.717) is 5.75 Å². The molecule has 0 aliphatic rings. The average Bonchev–Trinajstić information content (AvgIpc) is 2.66. The topological polar surface area (TPSA) is 58.9 Å². The van der Waals surface area contributed by atoms with Crippen molar-refractivity contribution in [2.75, 3.05) is 13.2 Å². The monoisotopic (exact) mass is 384 g/mol. The second kappa shape index (κ2) is 9.13. The Hall–Kier alpha value is -2.21. The fourth-order valence-electron chi connectivity index (χ4n) is 2.59. The summed E-state index contributed by atoms with van der Waals surface area (Å²) in [5.41, 5.74) is 0. The van der Waals surface area contributed by atoms with Crippen LogP contribution in [0.15, 0.2) is 70.5 Å². The fourth-order valence-corrected chi connectivity index (χ4v) is 3.64. The molecular formula is C22H24O4S. The Labute approximate surface area is 163 Å². The van der Waals surface area contributed by atoms with Crippen LogP contribution in [0, 0.1) is 0 Å². The van der Waals surface area contributed by atoms with Gasteiger partial charge in [-0.15, -0.1) is 0 Å². The van der Waals surface area contributed by atoms with Crippen molar-refractivity contribution >= 4 is 22.5 Å². The summed E-state index contributed by atoms with van der Waals surface area (Å²) in [7, 11) is 0. The van der Waals surface area contributed by atoms with Crippen LogP contribution in [0.1, 0.15) is 13.8 Å². The Morgan fingerprint density at radius 2 is 1.52 bits per heavy atom. The van der Waals surface area contributed by atoms with Crippen molar-refractivity contribution < 1.29 is 19.7 Å². The van der Waals surface area contributed by atoms with Gasteiger partial charge in [0.25, 0.3) is 0 Å². The number of aliphatic hydroxyl groups is 2. The van der Waals surface area contributed by atoms with Crippen LogP contribution in [0.4, 0.5) is 0 Å². The third-order valence-electron chi connectivity index (χ3n) is 3.84. The molecule has 4 nitrogen and oxygen atoms in total. The molecule has 2 unspecified atom stereocenters. The largest absolute Gasteiger partial charge is 0.491 e. The lowest BCUT2D eigenvalue weighted by Crippen LogP contribution is -2.13. The minimum absolute atomic E-state index is 0.228. The van der Waals surface area contributed by atoms with Gasteiger partial charge in [0.1, 0.15) is 24.7 Å². The van der Waals surface area contributed by atoms with Crippen molar-refractivity contribution in [1.82, 2.24) is 0 Å². The van der Waals surface area contributed by atoms with E-state index in [0.717, 1.165) is 26.3 Å². The number of hydrogen-bond donors (Lipinski definition) is 2. The van der Waals surface area contributed by atoms with Crippen molar-refractivity contribution in [3.63, 3.8) is 0 Å². The lowest BCUT2D eigenvalue weighted by Gasteiger charge is -2.16. The molecule has 0 fully saturated rings. The van der Waals surface area contributed by atoms with Gasteiger partial charge in [0, 0.05) is 10.3 Å². The lowest BCUT2D eigenvalue weighted by atomic mass is 10.1. The summed E-state index contributed by atoms with van der Waals surface area (Å²) < 4.78 is 11.5. The Morgan fingerprint density at radius 1 is 0.852 bits per heavy atom. The van der Waals surface area contributed by atoms with Crippen molar-refractivity contribution in [3.05, 3.63) is 60.7 Å². The molecule has 0 aromatic heterocycles. The minimum atomic E-state index is -0.545. The maximum Gasteiger partial charge on any atom is 0.134 e. The summed E-state index contributed by atoms with van der Waals surface area (Å²) >= 11 is 1.62. The first kappa shape index (κ1) is 19.5. The first-order chi connectivity index (χ1) is 13.0. The normalized spacial score (nSPS) is 13.3. The van der Waals surface area contributed by atoms with E-state index >= 15 is 0 Å². The molecule has 0 heterocycles. The van der Waals surface area contributed by atoms with Crippen molar-refractivity contribution in [2.24, 2.45) is 0 Å². The summed E-state index contributed by atoms with van der Waals surface area (Å²) in [5.74, 6) is 1.43. The molecule has 2 N–H and O–H groups in total. The highest BCUT2D eigenvalue weighted by Gasteiger charge is 2.13. The van der Waals surface area contributed by atoms with Crippen LogP contribution < -0.4 is 9.47 Å². The smallest absolute Gasteiger partial charge is 0.134 e. The van der Waals surface area contributed by atoms with Crippen LogP contribution in [0.5, 0.6) is 11.5 Å².